The third kappa shape index (κ3) is 2.82. The van der Waals surface area contributed by atoms with Gasteiger partial charge in [0.2, 0.25) is 17.2 Å². The van der Waals surface area contributed by atoms with Crippen molar-refractivity contribution in [3.63, 3.8) is 0 Å². The Bertz CT molecular complexity index is 510. The van der Waals surface area contributed by atoms with Crippen LogP contribution in [0.5, 0.6) is 0 Å². The predicted molar refractivity (Wildman–Crippen MR) is 64.9 cm³/mol. The Morgan fingerprint density at radius 2 is 2.06 bits per heavy atom. The van der Waals surface area contributed by atoms with Gasteiger partial charge in [-0.25, -0.2) is 0 Å². The molecule has 0 saturated heterocycles. The Morgan fingerprint density at radius 3 is 2.71 bits per heavy atom. The van der Waals surface area contributed by atoms with Crippen LogP contribution >= 0.6 is 11.6 Å². The van der Waals surface area contributed by atoms with Gasteiger partial charge in [0.15, 0.2) is 0 Å². The number of hydrogen-bond acceptors (Lipinski definition) is 6. The molecule has 17 heavy (non-hydrogen) atoms. The Morgan fingerprint density at radius 1 is 1.29 bits per heavy atom. The number of nitrogens with zero attached hydrogens (tertiary/aromatic N) is 5. The number of anilines is 2. The van der Waals surface area contributed by atoms with Gasteiger partial charge in [0.25, 0.3) is 0 Å². The van der Waals surface area contributed by atoms with Gasteiger partial charge in [-0.15, -0.1) is 0 Å². The molecule has 0 spiro atoms. The first-order valence-corrected chi connectivity index (χ1v) is 5.37. The topological polar surface area (TPSA) is 80.5 Å². The number of aromatic nitrogens is 5. The van der Waals surface area contributed by atoms with Gasteiger partial charge in [0.1, 0.15) is 0 Å². The average molecular weight is 254 g/mol. The summed E-state index contributed by atoms with van der Waals surface area (Å²) in [5.41, 5.74) is 1.02. The van der Waals surface area contributed by atoms with E-state index in [-0.39, 0.29) is 5.28 Å². The second-order valence-electron chi connectivity index (χ2n) is 3.30. The molecule has 2 N–H and O–H groups in total. The third-order valence-electron chi connectivity index (χ3n) is 2.18. The molecule has 0 bridgehead atoms. The summed E-state index contributed by atoms with van der Waals surface area (Å²) in [5.74, 6) is 0.855. The highest BCUT2D eigenvalue weighted by molar-refractivity contribution is 6.28. The van der Waals surface area contributed by atoms with Crippen LogP contribution in [0.4, 0.5) is 11.9 Å². The zero-order valence-corrected chi connectivity index (χ0v) is 10.2. The minimum Gasteiger partial charge on any atom is -0.357 e. The summed E-state index contributed by atoms with van der Waals surface area (Å²) in [7, 11) is 3.59. The van der Waals surface area contributed by atoms with Gasteiger partial charge < -0.3 is 10.6 Å². The maximum absolute atomic E-state index is 5.76. The van der Waals surface area contributed by atoms with E-state index in [0.29, 0.717) is 18.4 Å². The van der Waals surface area contributed by atoms with Gasteiger partial charge >= 0.3 is 0 Å². The van der Waals surface area contributed by atoms with Gasteiger partial charge in [0, 0.05) is 20.3 Å². The van der Waals surface area contributed by atoms with Crippen molar-refractivity contribution in [2.24, 2.45) is 7.05 Å². The number of halogens is 1. The minimum atomic E-state index is 0.150. The van der Waals surface area contributed by atoms with Crippen molar-refractivity contribution in [2.45, 2.75) is 6.54 Å². The van der Waals surface area contributed by atoms with Crippen molar-refractivity contribution in [3.8, 4) is 0 Å². The number of nitrogens with one attached hydrogen (secondary N) is 2. The van der Waals surface area contributed by atoms with Crippen LogP contribution in [0.3, 0.4) is 0 Å². The van der Waals surface area contributed by atoms with Crippen LogP contribution < -0.4 is 10.6 Å². The van der Waals surface area contributed by atoms with Gasteiger partial charge in [-0.1, -0.05) is 0 Å². The summed E-state index contributed by atoms with van der Waals surface area (Å²) in [6.45, 7) is 0.569. The summed E-state index contributed by atoms with van der Waals surface area (Å²) in [6.07, 6.45) is 1.73. The molecule has 0 atom stereocenters. The lowest BCUT2D eigenvalue weighted by Crippen LogP contribution is -2.09. The van der Waals surface area contributed by atoms with Crippen molar-refractivity contribution in [1.82, 2.24) is 24.7 Å². The molecule has 0 fully saturated rings. The second-order valence-corrected chi connectivity index (χ2v) is 3.64. The van der Waals surface area contributed by atoms with Crippen LogP contribution in [0, 0.1) is 0 Å². The van der Waals surface area contributed by atoms with Crippen molar-refractivity contribution < 1.29 is 0 Å². The van der Waals surface area contributed by atoms with Crippen LogP contribution in [0.1, 0.15) is 5.69 Å². The lowest BCUT2D eigenvalue weighted by atomic mass is 10.4. The van der Waals surface area contributed by atoms with E-state index in [4.69, 9.17) is 11.6 Å². The van der Waals surface area contributed by atoms with Crippen LogP contribution in [-0.2, 0) is 13.6 Å². The largest absolute Gasteiger partial charge is 0.357 e. The molecule has 2 heterocycles. The Labute approximate surface area is 103 Å². The fourth-order valence-corrected chi connectivity index (χ4v) is 1.45. The smallest absolute Gasteiger partial charge is 0.229 e. The summed E-state index contributed by atoms with van der Waals surface area (Å²) in [4.78, 5) is 12.0. The molecule has 0 amide bonds. The molecule has 0 saturated carbocycles. The Balaban J connectivity index is 2.09. The van der Waals surface area contributed by atoms with E-state index >= 15 is 0 Å². The van der Waals surface area contributed by atoms with Gasteiger partial charge in [0.05, 0.1) is 12.2 Å². The van der Waals surface area contributed by atoms with Crippen LogP contribution in [0.2, 0.25) is 5.28 Å². The molecule has 0 aromatic carbocycles. The van der Waals surface area contributed by atoms with Gasteiger partial charge in [-0.05, 0) is 17.7 Å². The van der Waals surface area contributed by atoms with E-state index in [1.165, 1.54) is 0 Å². The van der Waals surface area contributed by atoms with Crippen molar-refractivity contribution >= 4 is 23.5 Å². The number of rotatable bonds is 4. The molecule has 0 unspecified atom stereocenters. The molecule has 7 nitrogen and oxygen atoms in total. The van der Waals surface area contributed by atoms with E-state index < -0.39 is 0 Å². The Kier molecular flexibility index (Phi) is 3.38. The maximum atomic E-state index is 5.76. The minimum absolute atomic E-state index is 0.150. The molecule has 2 rings (SSSR count). The maximum Gasteiger partial charge on any atom is 0.229 e. The standard InChI is InChI=1S/C9H12ClN7/c1-11-8-14-7(10)15-9(16-8)12-5-6-3-4-13-17(6)2/h3-4H,5H2,1-2H3,(H2,11,12,14,15,16). The number of aryl methyl sites for hydroxylation is 1. The SMILES string of the molecule is CNc1nc(Cl)nc(NCc2ccnn2C)n1. The van der Waals surface area contributed by atoms with E-state index in [1.54, 1.807) is 17.9 Å². The predicted octanol–water partition coefficient (Wildman–Crippen LogP) is 0.912. The fraction of sp³-hybridized carbons (Fsp3) is 0.333. The number of hydrogen-bond donors (Lipinski definition) is 2. The van der Waals surface area contributed by atoms with Crippen LogP contribution in [-0.4, -0.2) is 31.8 Å². The van der Waals surface area contributed by atoms with E-state index in [0.717, 1.165) is 5.69 Å². The zero-order chi connectivity index (χ0) is 12.3. The van der Waals surface area contributed by atoms with Crippen molar-refractivity contribution in [1.29, 1.82) is 0 Å². The van der Waals surface area contributed by atoms with E-state index in [1.807, 2.05) is 13.1 Å². The highest BCUT2D eigenvalue weighted by Crippen LogP contribution is 2.09. The first kappa shape index (κ1) is 11.6. The molecule has 90 valence electrons. The summed E-state index contributed by atoms with van der Waals surface area (Å²) in [5, 5.41) is 10.1. The highest BCUT2D eigenvalue weighted by Gasteiger charge is 2.04. The van der Waals surface area contributed by atoms with Crippen molar-refractivity contribution in [2.75, 3.05) is 17.7 Å². The van der Waals surface area contributed by atoms with Crippen LogP contribution in [0.25, 0.3) is 0 Å². The second kappa shape index (κ2) is 4.96. The third-order valence-corrected chi connectivity index (χ3v) is 2.35. The van der Waals surface area contributed by atoms with E-state index in [9.17, 15) is 0 Å². The highest BCUT2D eigenvalue weighted by atomic mass is 35.5. The molecule has 2 aromatic heterocycles. The molecule has 8 heteroatoms. The monoisotopic (exact) mass is 253 g/mol. The molecular weight excluding hydrogens is 242 g/mol. The summed E-state index contributed by atoms with van der Waals surface area (Å²) >= 11 is 5.76. The fourth-order valence-electron chi connectivity index (χ4n) is 1.29. The lowest BCUT2D eigenvalue weighted by molar-refractivity contribution is 0.719. The lowest BCUT2D eigenvalue weighted by Gasteiger charge is -2.06. The van der Waals surface area contributed by atoms with Gasteiger partial charge in [-0.3, -0.25) is 4.68 Å². The average Bonchev–Trinajstić information content (AvgIpc) is 2.71. The first-order chi connectivity index (χ1) is 8.19. The normalized spacial score (nSPS) is 10.3. The van der Waals surface area contributed by atoms with Crippen molar-refractivity contribution in [3.05, 3.63) is 23.2 Å². The Hall–Kier alpha value is -1.89. The van der Waals surface area contributed by atoms with Crippen LogP contribution in [0.15, 0.2) is 12.3 Å². The first-order valence-electron chi connectivity index (χ1n) is 4.99. The summed E-state index contributed by atoms with van der Waals surface area (Å²) in [6, 6.07) is 1.91. The molecule has 0 aliphatic heterocycles. The molecule has 0 aliphatic rings. The van der Waals surface area contributed by atoms with E-state index in [2.05, 4.69) is 30.7 Å². The molecule has 2 aromatic rings. The molecule has 0 radical (unpaired) electrons. The van der Waals surface area contributed by atoms with Gasteiger partial charge in [-0.2, -0.15) is 20.1 Å². The molecular formula is C9H12ClN7. The zero-order valence-electron chi connectivity index (χ0n) is 9.48. The quantitative estimate of drug-likeness (QED) is 0.843. The molecule has 0 aliphatic carbocycles. The summed E-state index contributed by atoms with van der Waals surface area (Å²) < 4.78 is 1.77.